The van der Waals surface area contributed by atoms with Gasteiger partial charge in [-0.3, -0.25) is 14.4 Å². The molecule has 1 aliphatic heterocycles. The van der Waals surface area contributed by atoms with Crippen LogP contribution >= 0.6 is 0 Å². The lowest BCUT2D eigenvalue weighted by Gasteiger charge is -2.52. The van der Waals surface area contributed by atoms with Crippen molar-refractivity contribution in [1.29, 1.82) is 0 Å². The Morgan fingerprint density at radius 2 is 2.20 bits per heavy atom. The number of hydrogen-bond donors (Lipinski definition) is 3. The number of carbonyl (C=O) groups excluding carboxylic acids is 1. The minimum Gasteiger partial charge on any atom is -0.390 e. The molecule has 110 valence electrons. The van der Waals surface area contributed by atoms with Crippen molar-refractivity contribution in [1.82, 2.24) is 14.7 Å². The number of fused-ring (bicyclic) bond motifs is 1. The van der Waals surface area contributed by atoms with Crippen LogP contribution in [0.1, 0.15) is 35.9 Å². The second-order valence-corrected chi connectivity index (χ2v) is 6.56. The fourth-order valence-corrected chi connectivity index (χ4v) is 3.88. The number of aliphatic hydroxyl groups is 1. The summed E-state index contributed by atoms with van der Waals surface area (Å²) in [4.78, 5) is 13.4. The lowest BCUT2D eigenvalue weighted by atomic mass is 9.59. The maximum absolute atomic E-state index is 11.3. The molecule has 0 aromatic carbocycles. The van der Waals surface area contributed by atoms with E-state index in [9.17, 15) is 9.90 Å². The highest BCUT2D eigenvalue weighted by Crippen LogP contribution is 2.50. The van der Waals surface area contributed by atoms with Crippen molar-refractivity contribution in [2.45, 2.75) is 38.5 Å². The van der Waals surface area contributed by atoms with Gasteiger partial charge in [0.1, 0.15) is 5.69 Å². The van der Waals surface area contributed by atoms with Gasteiger partial charge in [0.05, 0.1) is 11.3 Å². The van der Waals surface area contributed by atoms with Gasteiger partial charge in [-0.1, -0.05) is 0 Å². The summed E-state index contributed by atoms with van der Waals surface area (Å²) in [5.74, 6) is -0.514. The molecule has 0 unspecified atom stereocenters. The first-order chi connectivity index (χ1) is 9.32. The lowest BCUT2D eigenvalue weighted by Crippen LogP contribution is -2.56. The van der Waals surface area contributed by atoms with Crippen LogP contribution in [0.4, 0.5) is 0 Å². The molecule has 1 aliphatic carbocycles. The Hall–Kier alpha value is -1.44. The van der Waals surface area contributed by atoms with Gasteiger partial charge in [-0.05, 0) is 25.8 Å². The molecule has 5 N–H and O–H groups in total. The molecule has 1 amide bonds. The molecule has 3 rings (SSSR count). The molecule has 1 aromatic heterocycles. The van der Waals surface area contributed by atoms with E-state index in [4.69, 9.17) is 11.5 Å². The molecule has 0 atom stereocenters. The molecular weight excluding hydrogens is 258 g/mol. The lowest BCUT2D eigenvalue weighted by molar-refractivity contribution is -0.131. The van der Waals surface area contributed by atoms with Crippen molar-refractivity contribution < 1.29 is 9.90 Å². The third-order valence-corrected chi connectivity index (χ3v) is 4.32. The standard InChI is InChI=1S/C13H21N5O2/c1-12(20)4-13(5-12)6-17(8-14)3-9-2-10(11(15)19)16-18(9)7-13/h2,20H,3-8,14H2,1H3,(H2,15,19). The quantitative estimate of drug-likeness (QED) is 0.659. The van der Waals surface area contributed by atoms with E-state index in [1.54, 1.807) is 6.07 Å². The highest BCUT2D eigenvalue weighted by Gasteiger charge is 2.52. The highest BCUT2D eigenvalue weighted by atomic mass is 16.3. The summed E-state index contributed by atoms with van der Waals surface area (Å²) in [6.07, 6.45) is 1.45. The van der Waals surface area contributed by atoms with Crippen molar-refractivity contribution in [3.05, 3.63) is 17.5 Å². The van der Waals surface area contributed by atoms with E-state index in [1.807, 2.05) is 11.6 Å². The van der Waals surface area contributed by atoms with Crippen molar-refractivity contribution in [2.75, 3.05) is 13.2 Å². The molecular formula is C13H21N5O2. The number of nitrogens with zero attached hydrogens (tertiary/aromatic N) is 3. The predicted octanol–water partition coefficient (Wildman–Crippen LogP) is -0.755. The smallest absolute Gasteiger partial charge is 0.269 e. The van der Waals surface area contributed by atoms with E-state index in [2.05, 4.69) is 10.00 Å². The van der Waals surface area contributed by atoms with Gasteiger partial charge in [-0.25, -0.2) is 0 Å². The Balaban J connectivity index is 1.92. The van der Waals surface area contributed by atoms with Crippen LogP contribution in [0.25, 0.3) is 0 Å². The molecule has 1 aromatic rings. The minimum absolute atomic E-state index is 0.0188. The Bertz CT molecular complexity index is 543. The van der Waals surface area contributed by atoms with Crippen molar-refractivity contribution >= 4 is 5.91 Å². The van der Waals surface area contributed by atoms with Gasteiger partial charge >= 0.3 is 0 Å². The normalized spacial score (nSPS) is 33.5. The summed E-state index contributed by atoms with van der Waals surface area (Å²) in [5.41, 5.74) is 11.7. The summed E-state index contributed by atoms with van der Waals surface area (Å²) < 4.78 is 1.85. The van der Waals surface area contributed by atoms with E-state index in [-0.39, 0.29) is 5.41 Å². The van der Waals surface area contributed by atoms with Crippen LogP contribution in [-0.2, 0) is 13.1 Å². The van der Waals surface area contributed by atoms with Gasteiger partial charge in [-0.15, -0.1) is 0 Å². The topological polar surface area (TPSA) is 110 Å². The second kappa shape index (κ2) is 4.28. The van der Waals surface area contributed by atoms with Crippen molar-refractivity contribution in [3.8, 4) is 0 Å². The molecule has 1 fully saturated rings. The summed E-state index contributed by atoms with van der Waals surface area (Å²) in [7, 11) is 0. The summed E-state index contributed by atoms with van der Waals surface area (Å²) in [6, 6.07) is 1.74. The minimum atomic E-state index is -0.607. The van der Waals surface area contributed by atoms with E-state index < -0.39 is 11.5 Å². The van der Waals surface area contributed by atoms with Gasteiger partial charge in [-0.2, -0.15) is 5.10 Å². The van der Waals surface area contributed by atoms with Crippen LogP contribution in [-0.4, -0.2) is 44.5 Å². The van der Waals surface area contributed by atoms with E-state index >= 15 is 0 Å². The first kappa shape index (κ1) is 13.5. The molecule has 7 heteroatoms. The Morgan fingerprint density at radius 3 is 2.75 bits per heavy atom. The number of aromatic nitrogens is 2. The summed E-state index contributed by atoms with van der Waals surface area (Å²) in [6.45, 7) is 4.49. The Labute approximate surface area is 117 Å². The van der Waals surface area contributed by atoms with Gasteiger partial charge in [0.2, 0.25) is 0 Å². The van der Waals surface area contributed by atoms with Crippen LogP contribution in [0.3, 0.4) is 0 Å². The molecule has 0 bridgehead atoms. The number of carbonyl (C=O) groups is 1. The average molecular weight is 279 g/mol. The molecule has 0 radical (unpaired) electrons. The maximum atomic E-state index is 11.3. The van der Waals surface area contributed by atoms with Gasteiger partial charge in [0.25, 0.3) is 5.91 Å². The molecule has 20 heavy (non-hydrogen) atoms. The zero-order chi connectivity index (χ0) is 14.5. The maximum Gasteiger partial charge on any atom is 0.269 e. The van der Waals surface area contributed by atoms with E-state index in [0.717, 1.165) is 25.1 Å². The molecule has 2 heterocycles. The zero-order valence-corrected chi connectivity index (χ0v) is 11.7. The van der Waals surface area contributed by atoms with Crippen LogP contribution in [0.5, 0.6) is 0 Å². The van der Waals surface area contributed by atoms with Crippen LogP contribution in [0.2, 0.25) is 0 Å². The fourth-order valence-electron chi connectivity index (χ4n) is 3.88. The molecule has 0 saturated heterocycles. The van der Waals surface area contributed by atoms with Crippen LogP contribution in [0.15, 0.2) is 6.07 Å². The number of hydrogen-bond acceptors (Lipinski definition) is 5. The third-order valence-electron chi connectivity index (χ3n) is 4.32. The van der Waals surface area contributed by atoms with Gasteiger partial charge < -0.3 is 16.6 Å². The van der Waals surface area contributed by atoms with Gasteiger partial charge in [0, 0.05) is 31.7 Å². The zero-order valence-electron chi connectivity index (χ0n) is 11.7. The number of nitrogens with two attached hydrogens (primary N) is 2. The number of rotatable bonds is 2. The van der Waals surface area contributed by atoms with E-state index in [1.165, 1.54) is 0 Å². The van der Waals surface area contributed by atoms with E-state index in [0.29, 0.717) is 25.5 Å². The molecule has 1 spiro atoms. The molecule has 1 saturated carbocycles. The van der Waals surface area contributed by atoms with Crippen molar-refractivity contribution in [2.24, 2.45) is 16.9 Å². The number of amides is 1. The monoisotopic (exact) mass is 279 g/mol. The van der Waals surface area contributed by atoms with Crippen molar-refractivity contribution in [3.63, 3.8) is 0 Å². The Kier molecular flexibility index (Phi) is 2.89. The average Bonchev–Trinajstić information content (AvgIpc) is 2.62. The van der Waals surface area contributed by atoms with Crippen LogP contribution < -0.4 is 11.5 Å². The fraction of sp³-hybridized carbons (Fsp3) is 0.692. The largest absolute Gasteiger partial charge is 0.390 e. The first-order valence-corrected chi connectivity index (χ1v) is 6.84. The van der Waals surface area contributed by atoms with Gasteiger partial charge in [0.15, 0.2) is 0 Å². The SMILES string of the molecule is CC1(O)CC2(CN(CN)Cc3cc(C(N)=O)nn3C2)C1. The predicted molar refractivity (Wildman–Crippen MR) is 72.5 cm³/mol. The third kappa shape index (κ3) is 2.21. The summed E-state index contributed by atoms with van der Waals surface area (Å²) >= 11 is 0. The molecule has 2 aliphatic rings. The second-order valence-electron chi connectivity index (χ2n) is 6.56. The van der Waals surface area contributed by atoms with Crippen LogP contribution in [0, 0.1) is 5.41 Å². The Morgan fingerprint density at radius 1 is 1.50 bits per heavy atom. The first-order valence-electron chi connectivity index (χ1n) is 6.84. The molecule has 7 nitrogen and oxygen atoms in total. The highest BCUT2D eigenvalue weighted by molar-refractivity contribution is 5.90. The summed E-state index contributed by atoms with van der Waals surface area (Å²) in [5, 5.41) is 14.4. The number of primary amides is 1.